The van der Waals surface area contributed by atoms with Gasteiger partial charge in [-0.25, -0.2) is 13.9 Å². The number of nitrogens with one attached hydrogen (secondary N) is 1. The molecule has 0 aliphatic rings. The van der Waals surface area contributed by atoms with Crippen LogP contribution in [0.3, 0.4) is 0 Å². The number of hydrogen-bond acceptors (Lipinski definition) is 5. The number of benzene rings is 2. The Kier molecular flexibility index (Phi) is 5.33. The summed E-state index contributed by atoms with van der Waals surface area (Å²) in [6.07, 6.45) is 0.494. The van der Waals surface area contributed by atoms with Crippen LogP contribution in [0.4, 0.5) is 10.1 Å². The molecule has 0 radical (unpaired) electrons. The third-order valence-electron chi connectivity index (χ3n) is 4.33. The third-order valence-corrected chi connectivity index (χ3v) is 4.57. The maximum Gasteiger partial charge on any atom is 0.170 e. The molecule has 148 valence electrons. The monoisotopic (exact) mass is 412 g/mol. The maximum atomic E-state index is 14.4. The lowest BCUT2D eigenvalue weighted by Crippen LogP contribution is -2.10. The van der Waals surface area contributed by atoms with Crippen molar-refractivity contribution in [3.63, 3.8) is 0 Å². The van der Waals surface area contributed by atoms with Gasteiger partial charge in [0.05, 0.1) is 12.3 Å². The molecule has 2 aromatic carbocycles. The zero-order chi connectivity index (χ0) is 20.4. The lowest BCUT2D eigenvalue weighted by atomic mass is 10.1. The minimum atomic E-state index is -1.07. The van der Waals surface area contributed by atoms with Crippen LogP contribution in [0.15, 0.2) is 60.8 Å². The Morgan fingerprint density at radius 1 is 1.17 bits per heavy atom. The van der Waals surface area contributed by atoms with E-state index >= 15 is 0 Å². The van der Waals surface area contributed by atoms with Gasteiger partial charge in [0.1, 0.15) is 17.3 Å². The first-order valence-corrected chi connectivity index (χ1v) is 9.40. The highest BCUT2D eigenvalue weighted by atomic mass is 35.5. The normalized spacial score (nSPS) is 12.1. The minimum Gasteiger partial charge on any atom is -0.494 e. The number of anilines is 1. The predicted octanol–water partition coefficient (Wildman–Crippen LogP) is 4.69. The molecule has 2 heterocycles. The average molecular weight is 413 g/mol. The number of aliphatic hydroxyl groups is 1. The van der Waals surface area contributed by atoms with Crippen molar-refractivity contribution in [2.75, 3.05) is 11.9 Å². The van der Waals surface area contributed by atoms with E-state index in [1.54, 1.807) is 42.6 Å². The van der Waals surface area contributed by atoms with Gasteiger partial charge in [-0.15, -0.1) is 0 Å². The van der Waals surface area contributed by atoms with Crippen molar-refractivity contribution in [3.05, 3.63) is 77.3 Å². The van der Waals surface area contributed by atoms with Gasteiger partial charge >= 0.3 is 0 Å². The zero-order valence-electron chi connectivity index (χ0n) is 15.5. The quantitative estimate of drug-likeness (QED) is 0.449. The van der Waals surface area contributed by atoms with Crippen LogP contribution in [0.5, 0.6) is 5.75 Å². The fraction of sp³-hybridized carbons (Fsp3) is 0.143. The number of ether oxygens (including phenoxy) is 1. The number of fused-ring (bicyclic) bond motifs is 1. The highest BCUT2D eigenvalue weighted by molar-refractivity contribution is 6.30. The van der Waals surface area contributed by atoms with Crippen LogP contribution in [0.2, 0.25) is 5.02 Å². The number of hydrogen-bond donors (Lipinski definition) is 2. The van der Waals surface area contributed by atoms with Gasteiger partial charge in [0, 0.05) is 28.5 Å². The summed E-state index contributed by atoms with van der Waals surface area (Å²) in [4.78, 5) is 4.25. The van der Waals surface area contributed by atoms with Crippen molar-refractivity contribution in [1.29, 1.82) is 0 Å². The third kappa shape index (κ3) is 4.01. The summed E-state index contributed by atoms with van der Waals surface area (Å²) in [6, 6.07) is 15.0. The van der Waals surface area contributed by atoms with Crippen molar-refractivity contribution in [2.45, 2.75) is 13.2 Å². The highest BCUT2D eigenvalue weighted by Gasteiger charge is 2.16. The first kappa shape index (κ1) is 19.2. The minimum absolute atomic E-state index is 0.313. The van der Waals surface area contributed by atoms with Gasteiger partial charge in [0.15, 0.2) is 11.9 Å². The Morgan fingerprint density at radius 2 is 1.97 bits per heavy atom. The van der Waals surface area contributed by atoms with Crippen LogP contribution < -0.4 is 10.1 Å². The summed E-state index contributed by atoms with van der Waals surface area (Å²) in [5.74, 6) is 0.286. The fourth-order valence-electron chi connectivity index (χ4n) is 2.99. The number of aromatic nitrogens is 3. The van der Waals surface area contributed by atoms with Crippen molar-refractivity contribution >= 4 is 22.9 Å². The van der Waals surface area contributed by atoms with E-state index in [1.807, 2.05) is 19.1 Å². The molecule has 6 nitrogen and oxygen atoms in total. The Hall–Kier alpha value is -3.16. The maximum absolute atomic E-state index is 14.4. The highest BCUT2D eigenvalue weighted by Crippen LogP contribution is 2.27. The summed E-state index contributed by atoms with van der Waals surface area (Å²) in [5.41, 5.74) is 2.39. The molecule has 0 aliphatic carbocycles. The first-order chi connectivity index (χ1) is 14.0. The molecule has 0 saturated heterocycles. The molecule has 0 spiro atoms. The van der Waals surface area contributed by atoms with Gasteiger partial charge in [0.25, 0.3) is 0 Å². The molecular weight excluding hydrogens is 395 g/mol. The fourth-order valence-corrected chi connectivity index (χ4v) is 3.15. The summed E-state index contributed by atoms with van der Waals surface area (Å²) in [6.45, 7) is 2.50. The molecule has 1 unspecified atom stereocenters. The molecular formula is C21H18ClFN4O2. The van der Waals surface area contributed by atoms with Gasteiger partial charge in [-0.1, -0.05) is 11.6 Å². The molecule has 1 atom stereocenters. The molecule has 4 rings (SSSR count). The van der Waals surface area contributed by atoms with Crippen LogP contribution in [-0.2, 0) is 0 Å². The summed E-state index contributed by atoms with van der Waals surface area (Å²) in [7, 11) is 0. The van der Waals surface area contributed by atoms with E-state index in [2.05, 4.69) is 15.4 Å². The largest absolute Gasteiger partial charge is 0.494 e. The number of nitrogens with zero attached hydrogens (tertiary/aromatic N) is 3. The second kappa shape index (κ2) is 8.06. The standard InChI is InChI=1S/C21H18ClFN4O2/c1-2-29-15-6-4-14(5-7-15)25-21(28)18-12-20-24-10-9-19(27(20)26-18)16-8-3-13(22)11-17(16)23/h3-12,21,25,28H,2H2,1H3. The van der Waals surface area contributed by atoms with Gasteiger partial charge in [-0.3, -0.25) is 0 Å². The van der Waals surface area contributed by atoms with Crippen molar-refractivity contribution < 1.29 is 14.2 Å². The molecule has 29 heavy (non-hydrogen) atoms. The topological polar surface area (TPSA) is 71.7 Å². The van der Waals surface area contributed by atoms with E-state index in [0.29, 0.717) is 39.9 Å². The first-order valence-electron chi connectivity index (χ1n) is 9.02. The van der Waals surface area contributed by atoms with E-state index in [-0.39, 0.29) is 0 Å². The molecule has 0 fully saturated rings. The van der Waals surface area contributed by atoms with Gasteiger partial charge in [0.2, 0.25) is 0 Å². The number of rotatable bonds is 6. The van der Waals surface area contributed by atoms with Crippen molar-refractivity contribution in [2.24, 2.45) is 0 Å². The van der Waals surface area contributed by atoms with Crippen molar-refractivity contribution in [1.82, 2.24) is 14.6 Å². The SMILES string of the molecule is CCOc1ccc(NC(O)c2cc3nccc(-c4ccc(Cl)cc4F)n3n2)cc1. The smallest absolute Gasteiger partial charge is 0.170 e. The molecule has 0 amide bonds. The molecule has 0 saturated carbocycles. The van der Waals surface area contributed by atoms with E-state index in [0.717, 1.165) is 5.75 Å². The summed E-state index contributed by atoms with van der Waals surface area (Å²) < 4.78 is 21.3. The van der Waals surface area contributed by atoms with Crippen LogP contribution in [0.25, 0.3) is 16.9 Å². The van der Waals surface area contributed by atoms with Gasteiger partial charge in [-0.2, -0.15) is 5.10 Å². The van der Waals surface area contributed by atoms with Gasteiger partial charge < -0.3 is 15.2 Å². The van der Waals surface area contributed by atoms with E-state index < -0.39 is 12.0 Å². The van der Waals surface area contributed by atoms with Crippen LogP contribution in [-0.4, -0.2) is 26.3 Å². The van der Waals surface area contributed by atoms with E-state index in [1.165, 1.54) is 10.6 Å². The number of halogens is 2. The Labute approximate surface area is 171 Å². The molecule has 2 N–H and O–H groups in total. The van der Waals surface area contributed by atoms with Crippen LogP contribution in [0, 0.1) is 5.82 Å². The Bertz CT molecular complexity index is 1150. The molecule has 0 bridgehead atoms. The number of aliphatic hydroxyl groups excluding tert-OH is 1. The second-order valence-electron chi connectivity index (χ2n) is 6.30. The van der Waals surface area contributed by atoms with Gasteiger partial charge in [-0.05, 0) is 55.5 Å². The molecule has 0 aliphatic heterocycles. The van der Waals surface area contributed by atoms with E-state index in [9.17, 15) is 9.50 Å². The predicted molar refractivity (Wildman–Crippen MR) is 110 cm³/mol. The average Bonchev–Trinajstić information content (AvgIpc) is 3.15. The molecule has 2 aromatic heterocycles. The summed E-state index contributed by atoms with van der Waals surface area (Å²) in [5, 5.41) is 18.3. The lowest BCUT2D eigenvalue weighted by molar-refractivity contribution is 0.203. The Balaban J connectivity index is 1.63. The lowest BCUT2D eigenvalue weighted by Gasteiger charge is -2.12. The molecule has 8 heteroatoms. The molecule has 4 aromatic rings. The van der Waals surface area contributed by atoms with Crippen LogP contribution in [0.1, 0.15) is 18.8 Å². The Morgan fingerprint density at radius 3 is 2.69 bits per heavy atom. The van der Waals surface area contributed by atoms with Crippen LogP contribution >= 0.6 is 11.6 Å². The summed E-state index contributed by atoms with van der Waals surface area (Å²) >= 11 is 5.85. The van der Waals surface area contributed by atoms with Crippen molar-refractivity contribution in [3.8, 4) is 17.0 Å². The second-order valence-corrected chi connectivity index (χ2v) is 6.73. The van der Waals surface area contributed by atoms with E-state index in [4.69, 9.17) is 16.3 Å². The zero-order valence-corrected chi connectivity index (χ0v) is 16.3.